The van der Waals surface area contributed by atoms with E-state index >= 15 is 0 Å². The monoisotopic (exact) mass is 151 g/mol. The molecule has 0 aromatic heterocycles. The average molecular weight is 151 g/mol. The molecule has 2 N–H and O–H groups in total. The maximum absolute atomic E-state index is 10.5. The molecule has 1 amide bonds. The van der Waals surface area contributed by atoms with Crippen molar-refractivity contribution < 1.29 is 35.8 Å². The Labute approximate surface area is 85.6 Å². The Morgan fingerprint density at radius 2 is 1.80 bits per heavy atom. The summed E-state index contributed by atoms with van der Waals surface area (Å²) in [6.45, 7) is 9.26. The molecule has 0 saturated carbocycles. The van der Waals surface area contributed by atoms with Gasteiger partial charge in [0.1, 0.15) is 0 Å². The van der Waals surface area contributed by atoms with Crippen molar-refractivity contribution in [1.82, 2.24) is 0 Å². The van der Waals surface area contributed by atoms with E-state index in [0.29, 0.717) is 5.57 Å². The first-order valence-corrected chi connectivity index (χ1v) is 2.85. The smallest absolute Gasteiger partial charge is 1.00 e. The van der Waals surface area contributed by atoms with Crippen molar-refractivity contribution in [1.29, 1.82) is 0 Å². The third kappa shape index (κ3) is 4.09. The number of hydrogen-bond donors (Lipinski definition) is 1. The molecule has 0 heterocycles. The van der Waals surface area contributed by atoms with Crippen LogP contribution < -0.4 is 35.3 Å². The molecule has 0 bridgehead atoms. The first-order valence-electron chi connectivity index (χ1n) is 2.85. The van der Waals surface area contributed by atoms with E-state index in [2.05, 4.69) is 6.58 Å². The summed E-state index contributed by atoms with van der Waals surface area (Å²) in [6.07, 6.45) is 0. The van der Waals surface area contributed by atoms with Gasteiger partial charge >= 0.3 is 29.6 Å². The molecule has 2 nitrogen and oxygen atoms in total. The number of hydrogen-bond acceptors (Lipinski definition) is 1. The van der Waals surface area contributed by atoms with Crippen LogP contribution in [0, 0.1) is 5.41 Å². The molecule has 0 aliphatic rings. The van der Waals surface area contributed by atoms with Crippen molar-refractivity contribution in [3.63, 3.8) is 0 Å². The number of nitrogens with two attached hydrogens (primary N) is 1. The van der Waals surface area contributed by atoms with E-state index in [4.69, 9.17) is 5.73 Å². The van der Waals surface area contributed by atoms with E-state index in [-0.39, 0.29) is 36.4 Å². The molecule has 0 unspecified atom stereocenters. The van der Waals surface area contributed by atoms with Gasteiger partial charge in [0, 0.05) is 5.57 Å². The summed E-state index contributed by atoms with van der Waals surface area (Å²) >= 11 is 0. The Morgan fingerprint density at radius 1 is 1.50 bits per heavy atom. The normalized spacial score (nSPS) is 9.90. The SMILES string of the molecule is C=C(C(N)=O)C(C)(C)C.[H-].[Na+]. The van der Waals surface area contributed by atoms with E-state index in [0.717, 1.165) is 0 Å². The van der Waals surface area contributed by atoms with Gasteiger partial charge in [-0.05, 0) is 5.41 Å². The number of amides is 1. The van der Waals surface area contributed by atoms with Crippen molar-refractivity contribution >= 4 is 5.91 Å². The minimum Gasteiger partial charge on any atom is -1.00 e. The van der Waals surface area contributed by atoms with Crippen LogP contribution in [0.1, 0.15) is 22.2 Å². The summed E-state index contributed by atoms with van der Waals surface area (Å²) < 4.78 is 0. The molecule has 0 fully saturated rings. The fourth-order valence-corrected chi connectivity index (χ4v) is 0.370. The molecule has 0 spiro atoms. The molecule has 0 aliphatic heterocycles. The zero-order valence-electron chi connectivity index (χ0n) is 8.19. The summed E-state index contributed by atoms with van der Waals surface area (Å²) in [6, 6.07) is 0. The molecule has 0 aliphatic carbocycles. The van der Waals surface area contributed by atoms with Crippen LogP contribution in [0.3, 0.4) is 0 Å². The van der Waals surface area contributed by atoms with Crippen LogP contribution in [0.5, 0.6) is 0 Å². The Morgan fingerprint density at radius 3 is 1.80 bits per heavy atom. The Balaban J connectivity index is -0.000000320. The van der Waals surface area contributed by atoms with Gasteiger partial charge in [0.2, 0.25) is 5.91 Å². The maximum atomic E-state index is 10.5. The second-order valence-corrected chi connectivity index (χ2v) is 3.09. The molecule has 0 aromatic carbocycles. The van der Waals surface area contributed by atoms with Crippen molar-refractivity contribution in [2.75, 3.05) is 0 Å². The van der Waals surface area contributed by atoms with Gasteiger partial charge in [0.25, 0.3) is 0 Å². The van der Waals surface area contributed by atoms with Crippen LogP contribution in [-0.4, -0.2) is 5.91 Å². The summed E-state index contributed by atoms with van der Waals surface area (Å²) in [5.41, 5.74) is 5.27. The van der Waals surface area contributed by atoms with Gasteiger partial charge in [-0.25, -0.2) is 0 Å². The number of primary amides is 1. The van der Waals surface area contributed by atoms with Gasteiger partial charge in [0.15, 0.2) is 0 Å². The third-order valence-corrected chi connectivity index (χ3v) is 1.20. The van der Waals surface area contributed by atoms with Crippen LogP contribution >= 0.6 is 0 Å². The number of carbonyl (C=O) groups is 1. The van der Waals surface area contributed by atoms with Gasteiger partial charge in [-0.15, -0.1) is 0 Å². The first kappa shape index (κ1) is 12.8. The minimum atomic E-state index is -0.414. The summed E-state index contributed by atoms with van der Waals surface area (Å²) in [4.78, 5) is 10.5. The molecule has 0 saturated heterocycles. The molecular weight excluding hydrogens is 137 g/mol. The van der Waals surface area contributed by atoms with Crippen LogP contribution in [0.25, 0.3) is 0 Å². The summed E-state index contributed by atoms with van der Waals surface area (Å²) in [5, 5.41) is 0. The van der Waals surface area contributed by atoms with Gasteiger partial charge in [0.05, 0.1) is 0 Å². The fraction of sp³-hybridized carbons (Fsp3) is 0.571. The second-order valence-electron chi connectivity index (χ2n) is 3.09. The van der Waals surface area contributed by atoms with Gasteiger partial charge in [-0.1, -0.05) is 27.4 Å². The fourth-order valence-electron chi connectivity index (χ4n) is 0.370. The predicted octanol–water partition coefficient (Wildman–Crippen LogP) is -1.81. The van der Waals surface area contributed by atoms with E-state index in [1.165, 1.54) is 0 Å². The maximum Gasteiger partial charge on any atom is 1.00 e. The average Bonchev–Trinajstić information content (AvgIpc) is 1.62. The van der Waals surface area contributed by atoms with E-state index in [1.807, 2.05) is 20.8 Å². The molecule has 0 rings (SSSR count). The van der Waals surface area contributed by atoms with Gasteiger partial charge in [-0.2, -0.15) is 0 Å². The Bertz CT molecular complexity index is 151. The van der Waals surface area contributed by atoms with E-state index < -0.39 is 5.91 Å². The van der Waals surface area contributed by atoms with E-state index in [9.17, 15) is 4.79 Å². The largest absolute Gasteiger partial charge is 1.00 e. The zero-order chi connectivity index (χ0) is 7.65. The minimum absolute atomic E-state index is 0. The molecule has 10 heavy (non-hydrogen) atoms. The third-order valence-electron chi connectivity index (χ3n) is 1.20. The van der Waals surface area contributed by atoms with Gasteiger partial charge in [-0.3, -0.25) is 4.79 Å². The quantitative estimate of drug-likeness (QED) is 0.348. The molecule has 0 atom stereocenters. The molecule has 3 heteroatoms. The van der Waals surface area contributed by atoms with Crippen molar-refractivity contribution in [3.05, 3.63) is 12.2 Å². The topological polar surface area (TPSA) is 43.1 Å². The van der Waals surface area contributed by atoms with Crippen LogP contribution in [0.2, 0.25) is 0 Å². The Hall–Kier alpha value is 0.210. The zero-order valence-corrected chi connectivity index (χ0v) is 9.19. The first-order chi connectivity index (χ1) is 3.85. The predicted molar refractivity (Wildman–Crippen MR) is 38.9 cm³/mol. The standard InChI is InChI=1S/C7H13NO.Na.H/c1-5(6(8)9)7(2,3)4;;/h1H2,2-4H3,(H2,8,9);;/q;+1;-1. The van der Waals surface area contributed by atoms with Crippen LogP contribution in [-0.2, 0) is 4.79 Å². The van der Waals surface area contributed by atoms with Crippen molar-refractivity contribution in [3.8, 4) is 0 Å². The van der Waals surface area contributed by atoms with Crippen molar-refractivity contribution in [2.45, 2.75) is 20.8 Å². The van der Waals surface area contributed by atoms with Crippen molar-refractivity contribution in [2.24, 2.45) is 11.1 Å². The molecule has 54 valence electrons. The van der Waals surface area contributed by atoms with Crippen LogP contribution in [0.4, 0.5) is 0 Å². The van der Waals surface area contributed by atoms with Gasteiger partial charge < -0.3 is 7.16 Å². The Kier molecular flexibility index (Phi) is 5.35. The number of carbonyl (C=O) groups excluding carboxylic acids is 1. The van der Waals surface area contributed by atoms with Crippen LogP contribution in [0.15, 0.2) is 12.2 Å². The van der Waals surface area contributed by atoms with E-state index in [1.54, 1.807) is 0 Å². The number of rotatable bonds is 1. The molecule has 0 radical (unpaired) electrons. The summed E-state index contributed by atoms with van der Waals surface area (Å²) in [7, 11) is 0. The molecular formula is C7H14NNaO. The second kappa shape index (κ2) is 4.16. The summed E-state index contributed by atoms with van der Waals surface area (Å²) in [5.74, 6) is -0.414. The molecule has 0 aromatic rings.